The Hall–Kier alpha value is -4.17. The number of halogens is 2. The molecule has 0 aliphatic heterocycles. The number of phenolic OH excluding ortho intramolecular Hbond substituents is 1. The third-order valence-electron chi connectivity index (χ3n) is 6.16. The van der Waals surface area contributed by atoms with Gasteiger partial charge in [-0.25, -0.2) is 9.78 Å². The number of carbonyl (C=O) groups is 1. The van der Waals surface area contributed by atoms with E-state index in [1.807, 2.05) is 12.1 Å². The molecule has 0 saturated heterocycles. The highest BCUT2D eigenvalue weighted by Gasteiger charge is 2.20. The lowest BCUT2D eigenvalue weighted by molar-refractivity contribution is 0.0699. The van der Waals surface area contributed by atoms with Crippen LogP contribution in [0.3, 0.4) is 0 Å². The van der Waals surface area contributed by atoms with Crippen LogP contribution in [0, 0.1) is 25.2 Å². The number of aromatic carboxylic acids is 1. The molecule has 3 aromatic heterocycles. The van der Waals surface area contributed by atoms with E-state index >= 15 is 0 Å². The number of aryl methyl sites for hydroxylation is 2. The molecule has 5 rings (SSSR count). The van der Waals surface area contributed by atoms with Gasteiger partial charge < -0.3 is 14.9 Å². The Kier molecular flexibility index (Phi) is 6.91. The Bertz CT molecular complexity index is 1930. The highest BCUT2D eigenvalue weighted by atomic mass is 35.5. The molecule has 0 unspecified atom stereocenters. The SMILES string of the molecule is Cc1cc(-c2cc(Cl)ccc2OCCn2c(C)nc3cc(Cl)c(O)c(C#N)c3c2=O)c2scc(C(=O)O)c2n1. The van der Waals surface area contributed by atoms with Crippen LogP contribution in [0.25, 0.3) is 32.2 Å². The summed E-state index contributed by atoms with van der Waals surface area (Å²) < 4.78 is 8.14. The van der Waals surface area contributed by atoms with Gasteiger partial charge in [0.15, 0.2) is 5.75 Å². The zero-order chi connectivity index (χ0) is 28.0. The average molecular weight is 581 g/mol. The number of pyridine rings is 1. The van der Waals surface area contributed by atoms with E-state index in [1.165, 1.54) is 22.0 Å². The predicted molar refractivity (Wildman–Crippen MR) is 149 cm³/mol. The number of benzene rings is 2. The molecule has 196 valence electrons. The van der Waals surface area contributed by atoms with Crippen LogP contribution >= 0.6 is 34.5 Å². The number of rotatable bonds is 6. The van der Waals surface area contributed by atoms with E-state index in [0.717, 1.165) is 5.56 Å². The standard InChI is InChI=1S/C27H18Cl2N4O5S/c1-12-7-16(25-23(31-12)18(11-39-25)27(36)37)15-8-14(28)3-4-21(15)38-6-5-33-13(2)32-20-9-19(29)24(34)17(10-30)22(20)26(33)35/h3-4,7-9,11,34H,5-6H2,1-2H3,(H,36,37). The molecule has 0 amide bonds. The molecule has 0 aliphatic carbocycles. The molecule has 2 aromatic carbocycles. The van der Waals surface area contributed by atoms with Gasteiger partial charge in [0.2, 0.25) is 0 Å². The number of aromatic nitrogens is 3. The minimum atomic E-state index is -1.06. The summed E-state index contributed by atoms with van der Waals surface area (Å²) >= 11 is 13.6. The molecule has 5 aromatic rings. The van der Waals surface area contributed by atoms with Gasteiger partial charge in [-0.05, 0) is 44.2 Å². The molecule has 0 fully saturated rings. The van der Waals surface area contributed by atoms with Crippen molar-refractivity contribution in [3.05, 3.63) is 78.8 Å². The van der Waals surface area contributed by atoms with E-state index in [4.69, 9.17) is 27.9 Å². The molecule has 2 N–H and O–H groups in total. The zero-order valence-electron chi connectivity index (χ0n) is 20.5. The number of carboxylic acids is 1. The maximum Gasteiger partial charge on any atom is 0.338 e. The van der Waals surface area contributed by atoms with Gasteiger partial charge in [-0.15, -0.1) is 11.3 Å². The van der Waals surface area contributed by atoms with Crippen molar-refractivity contribution >= 4 is 61.6 Å². The normalized spacial score (nSPS) is 11.2. The van der Waals surface area contributed by atoms with Crippen LogP contribution in [-0.4, -0.2) is 37.3 Å². The van der Waals surface area contributed by atoms with Crippen molar-refractivity contribution in [3.63, 3.8) is 0 Å². The molecule has 0 atom stereocenters. The summed E-state index contributed by atoms with van der Waals surface area (Å²) in [5.41, 5.74) is 1.96. The van der Waals surface area contributed by atoms with Crippen LogP contribution in [0.5, 0.6) is 11.5 Å². The maximum atomic E-state index is 13.3. The van der Waals surface area contributed by atoms with Gasteiger partial charge in [-0.1, -0.05) is 23.2 Å². The second-order valence-corrected chi connectivity index (χ2v) is 10.4. The summed E-state index contributed by atoms with van der Waals surface area (Å²) in [7, 11) is 0. The highest BCUT2D eigenvalue weighted by Crippen LogP contribution is 2.40. The van der Waals surface area contributed by atoms with Gasteiger partial charge in [0, 0.05) is 27.2 Å². The number of carboxylic acid groups (broad SMARTS) is 1. The van der Waals surface area contributed by atoms with Crippen molar-refractivity contribution in [2.45, 2.75) is 20.4 Å². The number of fused-ring (bicyclic) bond motifs is 2. The van der Waals surface area contributed by atoms with Gasteiger partial charge in [-0.3, -0.25) is 14.3 Å². The number of thiophene rings is 1. The average Bonchev–Trinajstić information content (AvgIpc) is 3.31. The van der Waals surface area contributed by atoms with E-state index in [-0.39, 0.29) is 40.2 Å². The molecule has 0 bridgehead atoms. The van der Waals surface area contributed by atoms with E-state index < -0.39 is 17.3 Å². The summed E-state index contributed by atoms with van der Waals surface area (Å²) in [5, 5.41) is 31.2. The molecule has 0 saturated carbocycles. The van der Waals surface area contributed by atoms with E-state index in [0.29, 0.717) is 38.1 Å². The summed E-state index contributed by atoms with van der Waals surface area (Å²) in [6, 6.07) is 10.1. The summed E-state index contributed by atoms with van der Waals surface area (Å²) in [6.45, 7) is 3.58. The fourth-order valence-corrected chi connectivity index (χ4v) is 5.78. The fourth-order valence-electron chi connectivity index (χ4n) is 4.39. The van der Waals surface area contributed by atoms with Gasteiger partial charge >= 0.3 is 5.97 Å². The maximum absolute atomic E-state index is 13.3. The lowest BCUT2D eigenvalue weighted by atomic mass is 10.0. The van der Waals surface area contributed by atoms with E-state index in [1.54, 1.807) is 37.4 Å². The molecular weight excluding hydrogens is 563 g/mol. The Morgan fingerprint density at radius 1 is 1.18 bits per heavy atom. The number of aromatic hydroxyl groups is 1. The van der Waals surface area contributed by atoms with Crippen molar-refractivity contribution in [1.29, 1.82) is 5.26 Å². The minimum Gasteiger partial charge on any atom is -0.505 e. The number of nitrogens with zero attached hydrogens (tertiary/aromatic N) is 4. The lowest BCUT2D eigenvalue weighted by Crippen LogP contribution is -2.27. The third kappa shape index (κ3) is 4.65. The Morgan fingerprint density at radius 2 is 1.95 bits per heavy atom. The topological polar surface area (TPSA) is 138 Å². The number of hydrogen-bond donors (Lipinski definition) is 2. The monoisotopic (exact) mass is 580 g/mol. The van der Waals surface area contributed by atoms with Crippen LogP contribution < -0.4 is 10.3 Å². The first kappa shape index (κ1) is 26.4. The fraction of sp³-hybridized carbons (Fsp3) is 0.148. The van der Waals surface area contributed by atoms with Crippen LogP contribution in [-0.2, 0) is 6.54 Å². The number of ether oxygens (including phenoxy) is 1. The Balaban J connectivity index is 1.52. The highest BCUT2D eigenvalue weighted by molar-refractivity contribution is 7.18. The molecular formula is C27H18Cl2N4O5S. The first-order valence-electron chi connectivity index (χ1n) is 11.5. The third-order valence-corrected chi connectivity index (χ3v) is 7.69. The van der Waals surface area contributed by atoms with Gasteiger partial charge in [0.25, 0.3) is 5.56 Å². The van der Waals surface area contributed by atoms with Crippen molar-refractivity contribution in [2.75, 3.05) is 6.61 Å². The number of phenols is 1. The Labute approximate surface area is 235 Å². The molecule has 12 heteroatoms. The van der Waals surface area contributed by atoms with Gasteiger partial charge in [-0.2, -0.15) is 5.26 Å². The van der Waals surface area contributed by atoms with Gasteiger partial charge in [0.1, 0.15) is 29.8 Å². The quantitative estimate of drug-likeness (QED) is 0.251. The van der Waals surface area contributed by atoms with Crippen molar-refractivity contribution < 1.29 is 19.7 Å². The largest absolute Gasteiger partial charge is 0.505 e. The van der Waals surface area contributed by atoms with Crippen molar-refractivity contribution in [3.8, 4) is 28.7 Å². The lowest BCUT2D eigenvalue weighted by Gasteiger charge is -2.16. The summed E-state index contributed by atoms with van der Waals surface area (Å²) in [4.78, 5) is 33.8. The molecule has 0 spiro atoms. The van der Waals surface area contributed by atoms with Crippen molar-refractivity contribution in [1.82, 2.24) is 14.5 Å². The minimum absolute atomic E-state index is 0.0289. The predicted octanol–water partition coefficient (Wildman–Crippen LogP) is 5.95. The van der Waals surface area contributed by atoms with Crippen LogP contribution in [0.2, 0.25) is 10.0 Å². The Morgan fingerprint density at radius 3 is 2.67 bits per heavy atom. The second kappa shape index (κ2) is 10.2. The van der Waals surface area contributed by atoms with Crippen LogP contribution in [0.1, 0.15) is 27.4 Å². The zero-order valence-corrected chi connectivity index (χ0v) is 22.8. The summed E-state index contributed by atoms with van der Waals surface area (Å²) in [5.74, 6) is -0.683. The first-order valence-corrected chi connectivity index (χ1v) is 13.1. The number of nitriles is 1. The molecule has 0 aliphatic rings. The first-order chi connectivity index (χ1) is 18.6. The summed E-state index contributed by atoms with van der Waals surface area (Å²) in [6.07, 6.45) is 0. The molecule has 3 heterocycles. The van der Waals surface area contributed by atoms with E-state index in [9.17, 15) is 25.1 Å². The molecule has 39 heavy (non-hydrogen) atoms. The van der Waals surface area contributed by atoms with Crippen LogP contribution in [0.15, 0.2) is 40.5 Å². The van der Waals surface area contributed by atoms with Gasteiger partial charge in [0.05, 0.1) is 38.3 Å². The molecule has 0 radical (unpaired) electrons. The van der Waals surface area contributed by atoms with Crippen molar-refractivity contribution in [2.24, 2.45) is 0 Å². The van der Waals surface area contributed by atoms with Crippen LogP contribution in [0.4, 0.5) is 0 Å². The number of hydrogen-bond acceptors (Lipinski definition) is 8. The second-order valence-electron chi connectivity index (χ2n) is 8.64. The van der Waals surface area contributed by atoms with E-state index in [2.05, 4.69) is 9.97 Å². The smallest absolute Gasteiger partial charge is 0.338 e. The molecule has 9 nitrogen and oxygen atoms in total.